The maximum atomic E-state index is 4.60. The molecule has 15 heavy (non-hydrogen) atoms. The van der Waals surface area contributed by atoms with E-state index >= 15 is 0 Å². The summed E-state index contributed by atoms with van der Waals surface area (Å²) in [7, 11) is 0. The van der Waals surface area contributed by atoms with Gasteiger partial charge in [-0.2, -0.15) is 0 Å². The monoisotopic (exact) mass is 265 g/mol. The molecule has 4 heteroatoms. The largest absolute Gasteiger partial charge is 0.356 e. The minimum atomic E-state index is 1.00. The lowest BCUT2D eigenvalue weighted by Gasteiger charge is -2.15. The second kappa shape index (κ2) is 3.23. The molecule has 3 nitrogen and oxygen atoms in total. The van der Waals surface area contributed by atoms with Gasteiger partial charge in [0, 0.05) is 17.6 Å². The molecule has 1 aromatic heterocycles. The summed E-state index contributed by atoms with van der Waals surface area (Å²) in [6, 6.07) is 4.31. The van der Waals surface area contributed by atoms with Crippen molar-refractivity contribution in [2.75, 3.05) is 11.9 Å². The lowest BCUT2D eigenvalue weighted by Crippen LogP contribution is -2.16. The van der Waals surface area contributed by atoms with Crippen molar-refractivity contribution in [2.24, 2.45) is 0 Å². The molecule has 0 saturated carbocycles. The first kappa shape index (κ1) is 9.21. The quantitative estimate of drug-likeness (QED) is 0.794. The Morgan fingerprint density at radius 1 is 1.47 bits per heavy atom. The topological polar surface area (TPSA) is 29.9 Å². The molecule has 0 bridgehead atoms. The third-order valence-electron chi connectivity index (χ3n) is 2.79. The zero-order valence-electron chi connectivity index (χ0n) is 8.55. The molecular weight excluding hydrogens is 254 g/mol. The summed E-state index contributed by atoms with van der Waals surface area (Å²) in [5.74, 6) is 1.00. The van der Waals surface area contributed by atoms with Gasteiger partial charge >= 0.3 is 0 Å². The normalized spacial score (nSPS) is 15.1. The van der Waals surface area contributed by atoms with Crippen LogP contribution in [-0.4, -0.2) is 16.1 Å². The summed E-state index contributed by atoms with van der Waals surface area (Å²) in [4.78, 5) is 4.60. The fraction of sp³-hybridized carbons (Fsp3) is 0.364. The second-order valence-corrected chi connectivity index (χ2v) is 4.84. The Kier molecular flexibility index (Phi) is 1.99. The first-order chi connectivity index (χ1) is 7.25. The van der Waals surface area contributed by atoms with Gasteiger partial charge in [-0.15, -0.1) is 0 Å². The molecule has 0 radical (unpaired) electrons. The van der Waals surface area contributed by atoms with Crippen molar-refractivity contribution in [1.82, 2.24) is 9.55 Å². The first-order valence-corrected chi connectivity index (χ1v) is 5.95. The van der Waals surface area contributed by atoms with E-state index in [1.165, 1.54) is 17.5 Å². The third-order valence-corrected chi connectivity index (χ3v) is 3.40. The van der Waals surface area contributed by atoms with Crippen molar-refractivity contribution in [2.45, 2.75) is 19.9 Å². The van der Waals surface area contributed by atoms with Gasteiger partial charge in [-0.25, -0.2) is 4.98 Å². The van der Waals surface area contributed by atoms with E-state index in [1.54, 1.807) is 0 Å². The minimum Gasteiger partial charge on any atom is -0.356 e. The van der Waals surface area contributed by atoms with Crippen LogP contribution in [-0.2, 0) is 6.54 Å². The number of aromatic nitrogens is 2. The van der Waals surface area contributed by atoms with Crippen LogP contribution >= 0.6 is 15.9 Å². The maximum absolute atomic E-state index is 4.60. The van der Waals surface area contributed by atoms with Crippen LogP contribution in [0.1, 0.15) is 12.0 Å². The number of benzene rings is 1. The van der Waals surface area contributed by atoms with Gasteiger partial charge < -0.3 is 9.88 Å². The fourth-order valence-corrected chi connectivity index (χ4v) is 2.76. The van der Waals surface area contributed by atoms with Crippen molar-refractivity contribution in [3.05, 3.63) is 22.2 Å². The van der Waals surface area contributed by atoms with Crippen LogP contribution in [0.25, 0.3) is 11.0 Å². The number of nitrogens with one attached hydrogen (secondary N) is 1. The lowest BCUT2D eigenvalue weighted by molar-refractivity contribution is 0.642. The smallest absolute Gasteiger partial charge is 0.203 e. The molecule has 1 aliphatic rings. The van der Waals surface area contributed by atoms with E-state index in [0.29, 0.717) is 0 Å². The van der Waals surface area contributed by atoms with E-state index in [2.05, 4.69) is 49.9 Å². The van der Waals surface area contributed by atoms with Crippen LogP contribution in [0.3, 0.4) is 0 Å². The van der Waals surface area contributed by atoms with Gasteiger partial charge in [0.25, 0.3) is 0 Å². The summed E-state index contributed by atoms with van der Waals surface area (Å²) >= 11 is 3.57. The Hall–Kier alpha value is -1.03. The molecule has 3 rings (SSSR count). The second-order valence-electron chi connectivity index (χ2n) is 3.98. The summed E-state index contributed by atoms with van der Waals surface area (Å²) in [5.41, 5.74) is 3.55. The number of hydrogen-bond donors (Lipinski definition) is 1. The number of imidazole rings is 1. The molecule has 0 aliphatic carbocycles. The molecule has 1 N–H and O–H groups in total. The maximum Gasteiger partial charge on any atom is 0.203 e. The van der Waals surface area contributed by atoms with E-state index in [0.717, 1.165) is 29.0 Å². The SMILES string of the molecule is Cc1cc(Br)c2nc3n(c2c1)CCCN3. The number of nitrogens with zero attached hydrogens (tertiary/aromatic N) is 2. The van der Waals surface area contributed by atoms with Gasteiger partial charge in [-0.1, -0.05) is 0 Å². The van der Waals surface area contributed by atoms with Crippen LogP contribution in [0, 0.1) is 6.92 Å². The highest BCUT2D eigenvalue weighted by atomic mass is 79.9. The molecule has 0 saturated heterocycles. The average molecular weight is 266 g/mol. The molecule has 1 aromatic carbocycles. The Labute approximate surface area is 96.6 Å². The predicted octanol–water partition coefficient (Wildman–Crippen LogP) is 2.92. The molecular formula is C11H12BrN3. The van der Waals surface area contributed by atoms with Crippen LogP contribution in [0.2, 0.25) is 0 Å². The molecule has 2 heterocycles. The van der Waals surface area contributed by atoms with Crippen molar-refractivity contribution in [3.63, 3.8) is 0 Å². The molecule has 0 atom stereocenters. The lowest BCUT2D eigenvalue weighted by atomic mass is 10.2. The fourth-order valence-electron chi connectivity index (χ4n) is 2.11. The van der Waals surface area contributed by atoms with E-state index < -0.39 is 0 Å². The van der Waals surface area contributed by atoms with Crippen LogP contribution < -0.4 is 5.32 Å². The Balaban J connectivity index is 2.37. The van der Waals surface area contributed by atoms with Crippen LogP contribution in [0.5, 0.6) is 0 Å². The number of rotatable bonds is 0. The van der Waals surface area contributed by atoms with E-state index in [4.69, 9.17) is 0 Å². The molecule has 0 unspecified atom stereocenters. The minimum absolute atomic E-state index is 1.00. The standard InChI is InChI=1S/C11H12BrN3/c1-7-5-8(12)10-9(6-7)15-4-2-3-13-11(15)14-10/h5-6H,2-4H2,1H3,(H,13,14). The van der Waals surface area contributed by atoms with Gasteiger partial charge in [-0.05, 0) is 47.0 Å². The van der Waals surface area contributed by atoms with E-state index in [1.807, 2.05) is 0 Å². The Morgan fingerprint density at radius 3 is 3.20 bits per heavy atom. The summed E-state index contributed by atoms with van der Waals surface area (Å²) in [6.07, 6.45) is 1.17. The third kappa shape index (κ3) is 1.35. The molecule has 0 fully saturated rings. The average Bonchev–Trinajstić information content (AvgIpc) is 2.57. The first-order valence-electron chi connectivity index (χ1n) is 5.16. The number of aryl methyl sites for hydroxylation is 2. The highest BCUT2D eigenvalue weighted by Crippen LogP contribution is 2.29. The van der Waals surface area contributed by atoms with Crippen molar-refractivity contribution < 1.29 is 0 Å². The highest BCUT2D eigenvalue weighted by molar-refractivity contribution is 9.10. The molecule has 1 aliphatic heterocycles. The van der Waals surface area contributed by atoms with Gasteiger partial charge in [-0.3, -0.25) is 0 Å². The van der Waals surface area contributed by atoms with Crippen molar-refractivity contribution >= 4 is 32.9 Å². The van der Waals surface area contributed by atoms with Crippen molar-refractivity contribution in [1.29, 1.82) is 0 Å². The molecule has 0 spiro atoms. The molecule has 2 aromatic rings. The number of hydrogen-bond acceptors (Lipinski definition) is 2. The van der Waals surface area contributed by atoms with E-state index in [9.17, 15) is 0 Å². The van der Waals surface area contributed by atoms with Crippen LogP contribution in [0.15, 0.2) is 16.6 Å². The number of anilines is 1. The van der Waals surface area contributed by atoms with Gasteiger partial charge in [0.2, 0.25) is 5.95 Å². The molecule has 78 valence electrons. The number of halogens is 1. The van der Waals surface area contributed by atoms with Gasteiger partial charge in [0.05, 0.1) is 5.52 Å². The number of fused-ring (bicyclic) bond motifs is 3. The molecule has 0 amide bonds. The predicted molar refractivity (Wildman–Crippen MR) is 65.3 cm³/mol. The van der Waals surface area contributed by atoms with Gasteiger partial charge in [0.15, 0.2) is 0 Å². The summed E-state index contributed by atoms with van der Waals surface area (Å²) in [6.45, 7) is 4.20. The summed E-state index contributed by atoms with van der Waals surface area (Å²) in [5, 5.41) is 3.33. The van der Waals surface area contributed by atoms with Gasteiger partial charge in [0.1, 0.15) is 5.52 Å². The van der Waals surface area contributed by atoms with E-state index in [-0.39, 0.29) is 0 Å². The Morgan fingerprint density at radius 2 is 2.33 bits per heavy atom. The summed E-state index contributed by atoms with van der Waals surface area (Å²) < 4.78 is 3.34. The van der Waals surface area contributed by atoms with Crippen LogP contribution in [0.4, 0.5) is 5.95 Å². The Bertz CT molecular complexity index is 530. The zero-order chi connectivity index (χ0) is 10.4. The highest BCUT2D eigenvalue weighted by Gasteiger charge is 2.15. The van der Waals surface area contributed by atoms with Crippen molar-refractivity contribution in [3.8, 4) is 0 Å². The zero-order valence-corrected chi connectivity index (χ0v) is 10.1.